The number of ether oxygens (including phenoxy) is 1. The van der Waals surface area contributed by atoms with Crippen molar-refractivity contribution >= 4 is 28.4 Å². The van der Waals surface area contributed by atoms with Crippen LogP contribution in [0.4, 0.5) is 15.0 Å². The van der Waals surface area contributed by atoms with Crippen molar-refractivity contribution in [2.24, 2.45) is 0 Å². The van der Waals surface area contributed by atoms with Gasteiger partial charge in [0.25, 0.3) is 0 Å². The molecule has 0 bridgehead atoms. The van der Waals surface area contributed by atoms with E-state index in [0.717, 1.165) is 36.3 Å². The third-order valence-corrected chi connectivity index (χ3v) is 5.77. The number of nitrogens with zero attached hydrogens (tertiary/aromatic N) is 4. The molecule has 1 aromatic carbocycles. The molecule has 2 saturated heterocycles. The molecule has 0 spiro atoms. The number of amides is 2. The van der Waals surface area contributed by atoms with E-state index in [4.69, 9.17) is 9.72 Å². The van der Waals surface area contributed by atoms with Gasteiger partial charge in [-0.3, -0.25) is 0 Å². The van der Waals surface area contributed by atoms with Crippen LogP contribution in [0.3, 0.4) is 0 Å². The normalized spacial score (nSPS) is 20.0. The van der Waals surface area contributed by atoms with Crippen LogP contribution < -0.4 is 10.2 Å². The molecular formula is C21H24FN5O2. The smallest absolute Gasteiger partial charge is 0.317 e. The van der Waals surface area contributed by atoms with Gasteiger partial charge in [0.15, 0.2) is 5.82 Å². The summed E-state index contributed by atoms with van der Waals surface area (Å²) >= 11 is 0. The molecule has 0 unspecified atom stereocenters. The van der Waals surface area contributed by atoms with Gasteiger partial charge in [-0.05, 0) is 37.1 Å². The Morgan fingerprint density at radius 3 is 2.86 bits per heavy atom. The lowest BCUT2D eigenvalue weighted by Gasteiger charge is -2.36. The predicted octanol–water partition coefficient (Wildman–Crippen LogP) is 2.64. The number of rotatable bonds is 3. The molecule has 4 heterocycles. The minimum absolute atomic E-state index is 0.0403. The molecule has 2 aliphatic rings. The second-order valence-corrected chi connectivity index (χ2v) is 7.63. The number of aromatic nitrogens is 2. The molecule has 2 aromatic heterocycles. The fourth-order valence-electron chi connectivity index (χ4n) is 4.21. The van der Waals surface area contributed by atoms with E-state index in [2.05, 4.69) is 10.2 Å². The Morgan fingerprint density at radius 2 is 2.07 bits per heavy atom. The Hall–Kier alpha value is -2.87. The van der Waals surface area contributed by atoms with Crippen LogP contribution in [0.1, 0.15) is 12.8 Å². The number of nitrogens with one attached hydrogen (secondary N) is 1. The number of anilines is 1. The molecular weight excluding hydrogens is 373 g/mol. The van der Waals surface area contributed by atoms with Crippen molar-refractivity contribution in [1.82, 2.24) is 19.6 Å². The summed E-state index contributed by atoms with van der Waals surface area (Å²) in [5.41, 5.74) is 2.49. The van der Waals surface area contributed by atoms with Gasteiger partial charge < -0.3 is 24.3 Å². The number of fused-ring (bicyclic) bond motifs is 3. The molecule has 7 nitrogen and oxygen atoms in total. The van der Waals surface area contributed by atoms with Crippen molar-refractivity contribution in [3.8, 4) is 0 Å². The number of benzene rings is 1. The van der Waals surface area contributed by atoms with Crippen LogP contribution in [-0.4, -0.2) is 65.8 Å². The van der Waals surface area contributed by atoms with Crippen molar-refractivity contribution in [1.29, 1.82) is 0 Å². The van der Waals surface area contributed by atoms with Crippen molar-refractivity contribution in [2.75, 3.05) is 44.2 Å². The highest BCUT2D eigenvalue weighted by atomic mass is 19.1. The summed E-state index contributed by atoms with van der Waals surface area (Å²) in [6, 6.07) is 8.63. The summed E-state index contributed by atoms with van der Waals surface area (Å²) in [4.78, 5) is 21.2. The number of piperazine rings is 1. The highest BCUT2D eigenvalue weighted by Gasteiger charge is 2.25. The Bertz CT molecular complexity index is 1040. The largest absolute Gasteiger partial charge is 0.376 e. The molecule has 3 aromatic rings. The quantitative estimate of drug-likeness (QED) is 0.738. The van der Waals surface area contributed by atoms with Crippen LogP contribution in [0.5, 0.6) is 0 Å². The topological polar surface area (TPSA) is 62.1 Å². The minimum Gasteiger partial charge on any atom is -0.376 e. The summed E-state index contributed by atoms with van der Waals surface area (Å²) in [7, 11) is 0. The highest BCUT2D eigenvalue weighted by molar-refractivity contribution is 5.85. The Kier molecular flexibility index (Phi) is 4.71. The molecule has 0 radical (unpaired) electrons. The highest BCUT2D eigenvalue weighted by Crippen LogP contribution is 2.26. The van der Waals surface area contributed by atoms with E-state index in [1.54, 1.807) is 6.07 Å². The zero-order valence-electron chi connectivity index (χ0n) is 16.2. The molecule has 1 N–H and O–H groups in total. The maximum atomic E-state index is 13.7. The van der Waals surface area contributed by atoms with E-state index in [9.17, 15) is 9.18 Å². The van der Waals surface area contributed by atoms with Crippen LogP contribution in [0.25, 0.3) is 16.6 Å². The first-order valence-corrected chi connectivity index (χ1v) is 10.1. The first kappa shape index (κ1) is 18.2. The lowest BCUT2D eigenvalue weighted by molar-refractivity contribution is 0.108. The first-order valence-electron chi connectivity index (χ1n) is 10.1. The zero-order chi connectivity index (χ0) is 19.8. The third-order valence-electron chi connectivity index (χ3n) is 5.77. The van der Waals surface area contributed by atoms with E-state index in [-0.39, 0.29) is 18.0 Å². The van der Waals surface area contributed by atoms with Crippen molar-refractivity contribution < 1.29 is 13.9 Å². The fourth-order valence-corrected chi connectivity index (χ4v) is 4.21. The second kappa shape index (κ2) is 7.51. The Labute approximate surface area is 168 Å². The standard InChI is InChI=1S/C21H24FN5O2/c22-15-5-6-18-17(13-15)24-20(19-4-1-7-27(18)19)25-8-10-26(11-9-25)21(28)23-14-16-3-2-12-29-16/h1,4-7,13,16H,2-3,8-12,14H2,(H,23,28)/t16-/m0/s1. The Morgan fingerprint density at radius 1 is 1.21 bits per heavy atom. The molecule has 152 valence electrons. The zero-order valence-corrected chi connectivity index (χ0v) is 16.2. The predicted molar refractivity (Wildman–Crippen MR) is 109 cm³/mol. The molecule has 5 rings (SSSR count). The van der Waals surface area contributed by atoms with Gasteiger partial charge in [0.05, 0.1) is 22.7 Å². The molecule has 2 fully saturated rings. The molecule has 29 heavy (non-hydrogen) atoms. The van der Waals surface area contributed by atoms with Gasteiger partial charge in [-0.25, -0.2) is 14.2 Å². The van der Waals surface area contributed by atoms with Crippen molar-refractivity contribution in [2.45, 2.75) is 18.9 Å². The summed E-state index contributed by atoms with van der Waals surface area (Å²) in [6.45, 7) is 3.96. The maximum absolute atomic E-state index is 13.7. The van der Waals surface area contributed by atoms with Crippen LogP contribution in [0.15, 0.2) is 36.5 Å². The third kappa shape index (κ3) is 3.48. The van der Waals surface area contributed by atoms with Crippen molar-refractivity contribution in [3.63, 3.8) is 0 Å². The lowest BCUT2D eigenvalue weighted by atomic mass is 10.2. The van der Waals surface area contributed by atoms with Crippen LogP contribution in [0.2, 0.25) is 0 Å². The van der Waals surface area contributed by atoms with Gasteiger partial charge in [-0.2, -0.15) is 0 Å². The van der Waals surface area contributed by atoms with Crippen LogP contribution >= 0.6 is 0 Å². The molecule has 8 heteroatoms. The van der Waals surface area contributed by atoms with Gasteiger partial charge in [-0.1, -0.05) is 0 Å². The Balaban J connectivity index is 1.30. The van der Waals surface area contributed by atoms with Gasteiger partial charge in [0.2, 0.25) is 0 Å². The van der Waals surface area contributed by atoms with Gasteiger partial charge >= 0.3 is 6.03 Å². The number of hydrogen-bond acceptors (Lipinski definition) is 4. The van der Waals surface area contributed by atoms with E-state index in [1.807, 2.05) is 27.6 Å². The number of hydrogen-bond donors (Lipinski definition) is 1. The summed E-state index contributed by atoms with van der Waals surface area (Å²) in [6.07, 6.45) is 4.19. The number of urea groups is 1. The summed E-state index contributed by atoms with van der Waals surface area (Å²) in [5, 5.41) is 2.99. The molecule has 2 amide bonds. The van der Waals surface area contributed by atoms with E-state index >= 15 is 0 Å². The van der Waals surface area contributed by atoms with Gasteiger partial charge in [-0.15, -0.1) is 0 Å². The number of carbonyl (C=O) groups is 1. The molecule has 0 aliphatic carbocycles. The lowest BCUT2D eigenvalue weighted by Crippen LogP contribution is -2.52. The molecule has 0 saturated carbocycles. The maximum Gasteiger partial charge on any atom is 0.317 e. The SMILES string of the molecule is O=C(NC[C@@H]1CCCO1)N1CCN(c2nc3cc(F)ccc3n3cccc23)CC1. The van der Waals surface area contributed by atoms with E-state index in [0.29, 0.717) is 38.2 Å². The fraction of sp³-hybridized carbons (Fsp3) is 0.429. The van der Waals surface area contributed by atoms with Crippen LogP contribution in [0, 0.1) is 5.82 Å². The van der Waals surface area contributed by atoms with Gasteiger partial charge in [0, 0.05) is 51.6 Å². The summed E-state index contributed by atoms with van der Waals surface area (Å²) in [5.74, 6) is 0.530. The number of halogens is 1. The molecule has 1 atom stereocenters. The summed E-state index contributed by atoms with van der Waals surface area (Å²) < 4.78 is 21.3. The van der Waals surface area contributed by atoms with E-state index in [1.165, 1.54) is 12.1 Å². The average molecular weight is 397 g/mol. The van der Waals surface area contributed by atoms with Crippen LogP contribution in [-0.2, 0) is 4.74 Å². The molecule has 2 aliphatic heterocycles. The second-order valence-electron chi connectivity index (χ2n) is 7.63. The first-order chi connectivity index (χ1) is 14.2. The number of carbonyl (C=O) groups excluding carboxylic acids is 1. The van der Waals surface area contributed by atoms with E-state index < -0.39 is 0 Å². The monoisotopic (exact) mass is 397 g/mol. The van der Waals surface area contributed by atoms with Crippen molar-refractivity contribution in [3.05, 3.63) is 42.3 Å². The van der Waals surface area contributed by atoms with Gasteiger partial charge in [0.1, 0.15) is 5.82 Å². The minimum atomic E-state index is -0.296. The average Bonchev–Trinajstić information content (AvgIpc) is 3.43.